The summed E-state index contributed by atoms with van der Waals surface area (Å²) < 4.78 is 2.56. The van der Waals surface area contributed by atoms with Crippen molar-refractivity contribution < 1.29 is 0 Å². The lowest BCUT2D eigenvalue weighted by Crippen LogP contribution is -2.19. The topological polar surface area (TPSA) is 12.0 Å². The van der Waals surface area contributed by atoms with E-state index in [1.807, 2.05) is 11.3 Å². The summed E-state index contributed by atoms with van der Waals surface area (Å²) in [4.78, 5) is 0. The molecule has 2 aromatic rings. The van der Waals surface area contributed by atoms with Crippen LogP contribution in [0.2, 0.25) is 0 Å². The lowest BCUT2D eigenvalue weighted by molar-refractivity contribution is 0.542. The Morgan fingerprint density at radius 1 is 1.38 bits per heavy atom. The van der Waals surface area contributed by atoms with Gasteiger partial charge in [-0.25, -0.2) is 0 Å². The van der Waals surface area contributed by atoms with Crippen molar-refractivity contribution in [1.82, 2.24) is 5.32 Å². The number of fused-ring (bicyclic) bond motifs is 1. The minimum Gasteiger partial charge on any atom is -0.310 e. The fourth-order valence-corrected chi connectivity index (χ4v) is 3.71. The summed E-state index contributed by atoms with van der Waals surface area (Å²) >= 11 is 5.43. The van der Waals surface area contributed by atoms with Gasteiger partial charge >= 0.3 is 0 Å². The fraction of sp³-hybridized carbons (Fsp3) is 0.385. The fourth-order valence-electron chi connectivity index (χ4n) is 2.03. The molecule has 1 unspecified atom stereocenters. The zero-order chi connectivity index (χ0) is 11.5. The molecule has 16 heavy (non-hydrogen) atoms. The average Bonchev–Trinajstić information content (AvgIpc) is 2.71. The van der Waals surface area contributed by atoms with Crippen molar-refractivity contribution >= 4 is 37.4 Å². The molecule has 86 valence electrons. The highest BCUT2D eigenvalue weighted by Crippen LogP contribution is 2.35. The van der Waals surface area contributed by atoms with Gasteiger partial charge in [0, 0.05) is 15.2 Å². The van der Waals surface area contributed by atoms with E-state index in [4.69, 9.17) is 0 Å². The molecule has 1 heterocycles. The van der Waals surface area contributed by atoms with Gasteiger partial charge in [0.1, 0.15) is 0 Å². The van der Waals surface area contributed by atoms with Crippen LogP contribution in [-0.4, -0.2) is 6.54 Å². The van der Waals surface area contributed by atoms with Crippen molar-refractivity contribution in [2.45, 2.75) is 26.3 Å². The van der Waals surface area contributed by atoms with E-state index in [2.05, 4.69) is 58.7 Å². The Balaban J connectivity index is 2.48. The molecule has 0 aliphatic carbocycles. The summed E-state index contributed by atoms with van der Waals surface area (Å²) in [5.41, 5.74) is 1.44. The van der Waals surface area contributed by atoms with Crippen molar-refractivity contribution in [1.29, 1.82) is 0 Å². The molecule has 1 atom stereocenters. The maximum absolute atomic E-state index is 3.61. The number of hydrogen-bond donors (Lipinski definition) is 1. The maximum atomic E-state index is 3.61. The largest absolute Gasteiger partial charge is 0.310 e. The Morgan fingerprint density at radius 3 is 2.88 bits per heavy atom. The van der Waals surface area contributed by atoms with Gasteiger partial charge in [0.25, 0.3) is 0 Å². The van der Waals surface area contributed by atoms with Gasteiger partial charge in [-0.1, -0.05) is 26.0 Å². The predicted octanol–water partition coefficient (Wildman–Crippen LogP) is 4.72. The van der Waals surface area contributed by atoms with E-state index in [1.54, 1.807) is 0 Å². The highest BCUT2D eigenvalue weighted by atomic mass is 79.9. The van der Waals surface area contributed by atoms with Crippen molar-refractivity contribution in [2.24, 2.45) is 0 Å². The molecule has 0 radical (unpaired) electrons. The van der Waals surface area contributed by atoms with Crippen LogP contribution < -0.4 is 5.32 Å². The van der Waals surface area contributed by atoms with Gasteiger partial charge in [0.05, 0.1) is 0 Å². The van der Waals surface area contributed by atoms with Gasteiger partial charge in [0.15, 0.2) is 0 Å². The minimum atomic E-state index is 0.480. The van der Waals surface area contributed by atoms with Crippen molar-refractivity contribution in [2.75, 3.05) is 6.54 Å². The molecule has 0 spiro atoms. The summed E-state index contributed by atoms with van der Waals surface area (Å²) in [6.07, 6.45) is 1.13. The van der Waals surface area contributed by atoms with Crippen molar-refractivity contribution in [3.63, 3.8) is 0 Å². The third-order valence-electron chi connectivity index (χ3n) is 2.82. The Labute approximate surface area is 109 Å². The molecule has 0 aliphatic heterocycles. The lowest BCUT2D eigenvalue weighted by Gasteiger charge is -2.15. The van der Waals surface area contributed by atoms with Crippen LogP contribution in [0, 0.1) is 0 Å². The zero-order valence-corrected chi connectivity index (χ0v) is 12.0. The third kappa shape index (κ3) is 2.17. The van der Waals surface area contributed by atoms with Crippen LogP contribution >= 0.6 is 27.3 Å². The second-order valence-electron chi connectivity index (χ2n) is 3.83. The van der Waals surface area contributed by atoms with E-state index in [-0.39, 0.29) is 0 Å². The van der Waals surface area contributed by atoms with Crippen LogP contribution in [-0.2, 0) is 0 Å². The number of hydrogen-bond acceptors (Lipinski definition) is 2. The zero-order valence-electron chi connectivity index (χ0n) is 9.59. The van der Waals surface area contributed by atoms with E-state index >= 15 is 0 Å². The Morgan fingerprint density at radius 2 is 2.19 bits per heavy atom. The van der Waals surface area contributed by atoms with Crippen molar-refractivity contribution in [3.05, 3.63) is 33.6 Å². The number of halogens is 1. The molecule has 1 aromatic carbocycles. The number of thiophene rings is 1. The number of rotatable bonds is 4. The summed E-state index contributed by atoms with van der Waals surface area (Å²) in [6.45, 7) is 5.41. The Kier molecular flexibility index (Phi) is 4.00. The highest BCUT2D eigenvalue weighted by Gasteiger charge is 2.13. The summed E-state index contributed by atoms with van der Waals surface area (Å²) in [6, 6.07) is 6.91. The van der Waals surface area contributed by atoms with Gasteiger partial charge in [-0.05, 0) is 51.3 Å². The SMILES string of the molecule is CCNC(CC)c1csc2c(Br)cccc12. The van der Waals surface area contributed by atoms with Gasteiger partial charge in [-0.15, -0.1) is 11.3 Å². The molecule has 0 saturated carbocycles. The predicted molar refractivity (Wildman–Crippen MR) is 76.2 cm³/mol. The molecule has 0 amide bonds. The smallest absolute Gasteiger partial charge is 0.0488 e. The molecule has 3 heteroatoms. The van der Waals surface area contributed by atoms with Crippen LogP contribution in [0.5, 0.6) is 0 Å². The summed E-state index contributed by atoms with van der Waals surface area (Å²) in [7, 11) is 0. The van der Waals surface area contributed by atoms with E-state index in [9.17, 15) is 0 Å². The standard InChI is InChI=1S/C13H16BrNS/c1-3-12(15-4-2)10-8-16-13-9(10)6-5-7-11(13)14/h5-8,12,15H,3-4H2,1-2H3. The number of benzene rings is 1. The molecule has 0 aliphatic rings. The van der Waals surface area contributed by atoms with Gasteiger partial charge < -0.3 is 5.32 Å². The molecule has 1 aromatic heterocycles. The quantitative estimate of drug-likeness (QED) is 0.861. The van der Waals surface area contributed by atoms with Crippen LogP contribution in [0.1, 0.15) is 31.9 Å². The first-order chi connectivity index (χ1) is 7.77. The van der Waals surface area contributed by atoms with E-state index < -0.39 is 0 Å². The second kappa shape index (κ2) is 5.30. The molecule has 0 bridgehead atoms. The van der Waals surface area contributed by atoms with Gasteiger partial charge in [-0.2, -0.15) is 0 Å². The molecule has 1 N–H and O–H groups in total. The Bertz CT molecular complexity index is 478. The Hall–Kier alpha value is -0.380. The molecule has 2 rings (SSSR count). The normalized spacial score (nSPS) is 13.2. The number of nitrogens with one attached hydrogen (secondary N) is 1. The average molecular weight is 298 g/mol. The van der Waals surface area contributed by atoms with Crippen LogP contribution in [0.25, 0.3) is 10.1 Å². The van der Waals surface area contributed by atoms with Crippen LogP contribution in [0.3, 0.4) is 0 Å². The van der Waals surface area contributed by atoms with Gasteiger partial charge in [-0.3, -0.25) is 0 Å². The van der Waals surface area contributed by atoms with E-state index in [0.29, 0.717) is 6.04 Å². The minimum absolute atomic E-state index is 0.480. The lowest BCUT2D eigenvalue weighted by atomic mass is 10.0. The maximum Gasteiger partial charge on any atom is 0.0488 e. The highest BCUT2D eigenvalue weighted by molar-refractivity contribution is 9.10. The van der Waals surface area contributed by atoms with E-state index in [0.717, 1.165) is 13.0 Å². The molecular weight excluding hydrogens is 282 g/mol. The third-order valence-corrected chi connectivity index (χ3v) is 4.79. The second-order valence-corrected chi connectivity index (χ2v) is 5.56. The van der Waals surface area contributed by atoms with Crippen LogP contribution in [0.4, 0.5) is 0 Å². The monoisotopic (exact) mass is 297 g/mol. The summed E-state index contributed by atoms with van der Waals surface area (Å²) in [5.74, 6) is 0. The molecule has 1 nitrogen and oxygen atoms in total. The van der Waals surface area contributed by atoms with E-state index in [1.165, 1.54) is 20.1 Å². The molecule has 0 fully saturated rings. The van der Waals surface area contributed by atoms with Crippen LogP contribution in [0.15, 0.2) is 28.1 Å². The first-order valence-electron chi connectivity index (χ1n) is 5.66. The first-order valence-corrected chi connectivity index (χ1v) is 7.34. The first kappa shape index (κ1) is 12.1. The van der Waals surface area contributed by atoms with Gasteiger partial charge in [0.2, 0.25) is 0 Å². The molecular formula is C13H16BrNS. The van der Waals surface area contributed by atoms with Crippen molar-refractivity contribution in [3.8, 4) is 0 Å². The molecule has 0 saturated heterocycles. The summed E-state index contributed by atoms with van der Waals surface area (Å²) in [5, 5.41) is 7.20.